The third-order valence-electron chi connectivity index (χ3n) is 3.67. The topological polar surface area (TPSA) is 66.5 Å². The van der Waals surface area contributed by atoms with Crippen molar-refractivity contribution in [3.05, 3.63) is 29.8 Å². The highest BCUT2D eigenvalue weighted by molar-refractivity contribution is 7.89. The summed E-state index contributed by atoms with van der Waals surface area (Å²) in [5.74, 6) is -1.86. The number of carbonyl (C=O) groups excluding carboxylic acids is 1. The summed E-state index contributed by atoms with van der Waals surface area (Å²) < 4.78 is 63.9. The van der Waals surface area contributed by atoms with Crippen LogP contribution in [0.4, 0.5) is 13.2 Å². The molecule has 2 rings (SSSR count). The van der Waals surface area contributed by atoms with Crippen molar-refractivity contribution in [2.75, 3.05) is 13.1 Å². The lowest BCUT2D eigenvalue weighted by Gasteiger charge is -2.26. The number of rotatable bonds is 4. The van der Waals surface area contributed by atoms with E-state index in [0.717, 1.165) is 4.90 Å². The first kappa shape index (κ1) is 17.7. The minimum atomic E-state index is -4.91. The number of nitrogens with one attached hydrogen (secondary N) is 1. The standard InChI is InChI=1S/C14H17F3N2O3S/c1-2-18-23(21,22)11-7-5-10(6-8-11)12-4-3-9-19(12)13(20)14(15,16)17/h5-8,12,18H,2-4,9H2,1H3. The van der Waals surface area contributed by atoms with Crippen LogP contribution in [0.5, 0.6) is 0 Å². The van der Waals surface area contributed by atoms with Crippen LogP contribution in [0.1, 0.15) is 31.4 Å². The molecule has 1 heterocycles. The maximum atomic E-state index is 12.6. The zero-order valence-electron chi connectivity index (χ0n) is 12.4. The maximum absolute atomic E-state index is 12.6. The van der Waals surface area contributed by atoms with Crippen LogP contribution in [-0.2, 0) is 14.8 Å². The van der Waals surface area contributed by atoms with Gasteiger partial charge in [-0.1, -0.05) is 19.1 Å². The van der Waals surface area contributed by atoms with E-state index in [9.17, 15) is 26.4 Å². The van der Waals surface area contributed by atoms with Crippen LogP contribution in [0.15, 0.2) is 29.2 Å². The number of benzene rings is 1. The van der Waals surface area contributed by atoms with Gasteiger partial charge in [-0.15, -0.1) is 0 Å². The Hall–Kier alpha value is -1.61. The second-order valence-electron chi connectivity index (χ2n) is 5.22. The number of alkyl halides is 3. The van der Waals surface area contributed by atoms with Gasteiger partial charge in [0.2, 0.25) is 10.0 Å². The van der Waals surface area contributed by atoms with E-state index in [-0.39, 0.29) is 18.0 Å². The van der Waals surface area contributed by atoms with Gasteiger partial charge in [-0.25, -0.2) is 13.1 Å². The van der Waals surface area contributed by atoms with Crippen LogP contribution in [0.3, 0.4) is 0 Å². The van der Waals surface area contributed by atoms with Crippen molar-refractivity contribution in [2.45, 2.75) is 36.9 Å². The Labute approximate surface area is 132 Å². The molecule has 5 nitrogen and oxygen atoms in total. The number of likely N-dealkylation sites (tertiary alicyclic amines) is 1. The van der Waals surface area contributed by atoms with Gasteiger partial charge >= 0.3 is 12.1 Å². The molecule has 0 spiro atoms. The zero-order chi connectivity index (χ0) is 17.3. The van der Waals surface area contributed by atoms with Gasteiger partial charge in [-0.05, 0) is 30.5 Å². The van der Waals surface area contributed by atoms with Crippen LogP contribution in [-0.4, -0.2) is 38.5 Å². The molecule has 0 saturated carbocycles. The monoisotopic (exact) mass is 350 g/mol. The molecule has 0 radical (unpaired) electrons. The van der Waals surface area contributed by atoms with Crippen LogP contribution in [0.2, 0.25) is 0 Å². The Morgan fingerprint density at radius 1 is 1.30 bits per heavy atom. The van der Waals surface area contributed by atoms with Crippen molar-refractivity contribution in [2.24, 2.45) is 0 Å². The predicted molar refractivity (Wildman–Crippen MR) is 77.0 cm³/mol. The smallest absolute Gasteiger partial charge is 0.328 e. The summed E-state index contributed by atoms with van der Waals surface area (Å²) in [5, 5.41) is 0. The van der Waals surface area contributed by atoms with Crippen LogP contribution in [0, 0.1) is 0 Å². The highest BCUT2D eigenvalue weighted by atomic mass is 32.2. The fourth-order valence-corrected chi connectivity index (χ4v) is 3.70. The van der Waals surface area contributed by atoms with Crippen LogP contribution >= 0.6 is 0 Å². The van der Waals surface area contributed by atoms with Gasteiger partial charge in [-0.3, -0.25) is 4.79 Å². The second-order valence-corrected chi connectivity index (χ2v) is 6.99. The number of carbonyl (C=O) groups is 1. The molecule has 9 heteroatoms. The fraction of sp³-hybridized carbons (Fsp3) is 0.500. The first-order valence-electron chi connectivity index (χ1n) is 7.14. The number of hydrogen-bond donors (Lipinski definition) is 1. The molecular formula is C14H17F3N2O3S. The lowest BCUT2D eigenvalue weighted by Crippen LogP contribution is -2.40. The zero-order valence-corrected chi connectivity index (χ0v) is 13.2. The van der Waals surface area contributed by atoms with E-state index in [1.54, 1.807) is 6.92 Å². The molecule has 1 aromatic carbocycles. The average molecular weight is 350 g/mol. The molecule has 1 aliphatic heterocycles. The largest absolute Gasteiger partial charge is 0.471 e. The number of hydrogen-bond acceptors (Lipinski definition) is 3. The molecule has 0 aliphatic carbocycles. The predicted octanol–water partition coefficient (Wildman–Crippen LogP) is 2.21. The van der Waals surface area contributed by atoms with Crippen molar-refractivity contribution < 1.29 is 26.4 Å². The summed E-state index contributed by atoms with van der Waals surface area (Å²) in [7, 11) is -3.61. The normalized spacial score (nSPS) is 19.1. The molecule has 0 bridgehead atoms. The molecule has 23 heavy (non-hydrogen) atoms. The minimum Gasteiger partial charge on any atom is -0.328 e. The van der Waals surface area contributed by atoms with Crippen molar-refractivity contribution >= 4 is 15.9 Å². The lowest BCUT2D eigenvalue weighted by atomic mass is 10.0. The second kappa shape index (κ2) is 6.48. The van der Waals surface area contributed by atoms with E-state index in [4.69, 9.17) is 0 Å². The highest BCUT2D eigenvalue weighted by Gasteiger charge is 2.46. The van der Waals surface area contributed by atoms with Gasteiger partial charge in [-0.2, -0.15) is 13.2 Å². The summed E-state index contributed by atoms with van der Waals surface area (Å²) in [4.78, 5) is 12.3. The molecule has 1 amide bonds. The molecule has 0 aromatic heterocycles. The van der Waals surface area contributed by atoms with Crippen LogP contribution < -0.4 is 4.72 Å². The molecule has 128 valence electrons. The fourth-order valence-electron chi connectivity index (χ4n) is 2.66. The van der Waals surface area contributed by atoms with Gasteiger partial charge in [0.15, 0.2) is 0 Å². The van der Waals surface area contributed by atoms with Gasteiger partial charge in [0.05, 0.1) is 10.9 Å². The minimum absolute atomic E-state index is 0.0368. The molecular weight excluding hydrogens is 333 g/mol. The summed E-state index contributed by atoms with van der Waals surface area (Å²) in [5.41, 5.74) is 0.496. The molecule has 1 N–H and O–H groups in total. The van der Waals surface area contributed by atoms with Crippen molar-refractivity contribution in [3.63, 3.8) is 0 Å². The Bertz CT molecular complexity index is 672. The van der Waals surface area contributed by atoms with Gasteiger partial charge in [0.1, 0.15) is 0 Å². The van der Waals surface area contributed by atoms with E-state index < -0.39 is 28.1 Å². The van der Waals surface area contributed by atoms with Crippen molar-refractivity contribution in [1.82, 2.24) is 9.62 Å². The first-order chi connectivity index (χ1) is 10.7. The van der Waals surface area contributed by atoms with E-state index in [1.807, 2.05) is 0 Å². The third kappa shape index (κ3) is 3.84. The van der Waals surface area contributed by atoms with Gasteiger partial charge < -0.3 is 4.90 Å². The quantitative estimate of drug-likeness (QED) is 0.905. The lowest BCUT2D eigenvalue weighted by molar-refractivity contribution is -0.186. The first-order valence-corrected chi connectivity index (χ1v) is 8.62. The highest BCUT2D eigenvalue weighted by Crippen LogP contribution is 2.35. The van der Waals surface area contributed by atoms with Gasteiger partial charge in [0, 0.05) is 13.1 Å². The van der Waals surface area contributed by atoms with Crippen molar-refractivity contribution in [1.29, 1.82) is 0 Å². The molecule has 1 aliphatic rings. The SMILES string of the molecule is CCNS(=O)(=O)c1ccc(C2CCCN2C(=O)C(F)(F)F)cc1. The molecule has 1 unspecified atom stereocenters. The molecule has 1 fully saturated rings. The maximum Gasteiger partial charge on any atom is 0.471 e. The molecule has 1 saturated heterocycles. The summed E-state index contributed by atoms with van der Waals surface area (Å²) in [6.07, 6.45) is -4.01. The molecule has 1 atom stereocenters. The number of halogens is 3. The van der Waals surface area contributed by atoms with Crippen LogP contribution in [0.25, 0.3) is 0 Å². The third-order valence-corrected chi connectivity index (χ3v) is 5.23. The number of nitrogens with zero attached hydrogens (tertiary/aromatic N) is 1. The summed E-state index contributed by atoms with van der Waals surface area (Å²) in [6.45, 7) is 1.92. The Morgan fingerprint density at radius 2 is 1.91 bits per heavy atom. The van der Waals surface area contributed by atoms with Gasteiger partial charge in [0.25, 0.3) is 0 Å². The van der Waals surface area contributed by atoms with E-state index in [0.29, 0.717) is 18.4 Å². The Kier molecular flexibility index (Phi) is 5.00. The average Bonchev–Trinajstić information content (AvgIpc) is 2.94. The Morgan fingerprint density at radius 3 is 2.43 bits per heavy atom. The van der Waals surface area contributed by atoms with E-state index in [2.05, 4.69) is 4.72 Å². The summed E-state index contributed by atoms with van der Waals surface area (Å²) in [6, 6.07) is 4.90. The summed E-state index contributed by atoms with van der Waals surface area (Å²) >= 11 is 0. The van der Waals surface area contributed by atoms with E-state index in [1.165, 1.54) is 24.3 Å². The Balaban J connectivity index is 2.24. The molecule has 1 aromatic rings. The number of amides is 1. The number of sulfonamides is 1. The van der Waals surface area contributed by atoms with E-state index >= 15 is 0 Å². The van der Waals surface area contributed by atoms with Crippen molar-refractivity contribution in [3.8, 4) is 0 Å².